The van der Waals surface area contributed by atoms with Gasteiger partial charge >= 0.3 is 0 Å². The molecule has 0 bridgehead atoms. The van der Waals surface area contributed by atoms with Crippen molar-refractivity contribution in [1.82, 2.24) is 0 Å². The molecule has 50 valence electrons. The molecule has 3 nitrogen and oxygen atoms in total. The van der Waals surface area contributed by atoms with Gasteiger partial charge in [-0.2, -0.15) is 0 Å². The molecule has 0 amide bonds. The largest absolute Gasteiger partial charge is 0.465 e. The van der Waals surface area contributed by atoms with Crippen LogP contribution in [0.5, 0.6) is 0 Å². The average Bonchev–Trinajstić information content (AvgIpc) is 2.14. The maximum atomic E-state index is 5.48. The summed E-state index contributed by atoms with van der Waals surface area (Å²) in [5.74, 6) is 0.729. The number of hydrogen-bond donors (Lipinski definition) is 2. The summed E-state index contributed by atoms with van der Waals surface area (Å²) in [6.07, 6.45) is 1.48. The summed E-state index contributed by atoms with van der Waals surface area (Å²) < 4.78 is 4.98. The highest BCUT2D eigenvalue weighted by molar-refractivity contribution is 5.35. The third kappa shape index (κ3) is 1.23. The van der Waals surface area contributed by atoms with Crippen molar-refractivity contribution < 1.29 is 4.42 Å². The summed E-state index contributed by atoms with van der Waals surface area (Å²) in [4.78, 5) is 0. The van der Waals surface area contributed by atoms with Crippen LogP contribution in [0.4, 0.5) is 5.69 Å². The Kier molecular flexibility index (Phi) is 1.44. The van der Waals surface area contributed by atoms with Crippen molar-refractivity contribution >= 4 is 5.69 Å². The Morgan fingerprint density at radius 1 is 1.67 bits per heavy atom. The third-order valence-electron chi connectivity index (χ3n) is 1.09. The van der Waals surface area contributed by atoms with Crippen LogP contribution >= 0.6 is 0 Å². The van der Waals surface area contributed by atoms with E-state index >= 15 is 0 Å². The predicted molar refractivity (Wildman–Crippen MR) is 35.7 cm³/mol. The zero-order valence-corrected chi connectivity index (χ0v) is 5.29. The molecule has 1 aromatic rings. The minimum atomic E-state index is -0.0673. The van der Waals surface area contributed by atoms with E-state index in [0.717, 1.165) is 5.76 Å². The van der Waals surface area contributed by atoms with Crippen LogP contribution in [0.15, 0.2) is 16.7 Å². The Hall–Kier alpha value is -0.960. The first-order chi connectivity index (χ1) is 4.20. The molecular formula is C6H10N2O. The SMILES string of the molecule is CC(N)c1cc(N)co1. The van der Waals surface area contributed by atoms with E-state index in [4.69, 9.17) is 15.9 Å². The van der Waals surface area contributed by atoms with Gasteiger partial charge in [0.05, 0.1) is 11.7 Å². The van der Waals surface area contributed by atoms with Gasteiger partial charge in [-0.1, -0.05) is 0 Å². The average molecular weight is 126 g/mol. The van der Waals surface area contributed by atoms with Gasteiger partial charge in [-0.05, 0) is 6.92 Å². The minimum Gasteiger partial charge on any atom is -0.465 e. The Labute approximate surface area is 53.6 Å². The van der Waals surface area contributed by atoms with E-state index in [1.165, 1.54) is 6.26 Å². The molecule has 1 aromatic heterocycles. The van der Waals surface area contributed by atoms with Crippen LogP contribution in [0.25, 0.3) is 0 Å². The van der Waals surface area contributed by atoms with E-state index in [2.05, 4.69) is 0 Å². The van der Waals surface area contributed by atoms with Crippen LogP contribution in [0.2, 0.25) is 0 Å². The molecule has 1 rings (SSSR count). The molecule has 3 heteroatoms. The van der Waals surface area contributed by atoms with Gasteiger partial charge in [0.25, 0.3) is 0 Å². The lowest BCUT2D eigenvalue weighted by Crippen LogP contribution is -2.02. The molecule has 0 aromatic carbocycles. The third-order valence-corrected chi connectivity index (χ3v) is 1.09. The molecule has 0 saturated heterocycles. The van der Waals surface area contributed by atoms with Gasteiger partial charge in [-0.15, -0.1) is 0 Å². The van der Waals surface area contributed by atoms with E-state index in [-0.39, 0.29) is 6.04 Å². The Morgan fingerprint density at radius 2 is 2.33 bits per heavy atom. The maximum Gasteiger partial charge on any atom is 0.122 e. The lowest BCUT2D eigenvalue weighted by Gasteiger charge is -1.95. The molecule has 1 unspecified atom stereocenters. The molecule has 0 radical (unpaired) electrons. The summed E-state index contributed by atoms with van der Waals surface area (Å²) in [6, 6.07) is 1.66. The van der Waals surface area contributed by atoms with Crippen molar-refractivity contribution in [2.75, 3.05) is 5.73 Å². The van der Waals surface area contributed by atoms with Crippen LogP contribution in [0, 0.1) is 0 Å². The van der Waals surface area contributed by atoms with Crippen molar-refractivity contribution in [2.45, 2.75) is 13.0 Å². The number of nitrogen functional groups attached to an aromatic ring is 1. The second-order valence-electron chi connectivity index (χ2n) is 2.07. The first-order valence-corrected chi connectivity index (χ1v) is 2.79. The lowest BCUT2D eigenvalue weighted by atomic mass is 10.3. The Morgan fingerprint density at radius 3 is 2.56 bits per heavy atom. The van der Waals surface area contributed by atoms with Crippen LogP contribution in [-0.2, 0) is 0 Å². The first kappa shape index (κ1) is 6.16. The zero-order valence-electron chi connectivity index (χ0n) is 5.29. The summed E-state index contributed by atoms with van der Waals surface area (Å²) in [6.45, 7) is 1.85. The molecule has 1 atom stereocenters. The van der Waals surface area contributed by atoms with E-state index in [0.29, 0.717) is 5.69 Å². The van der Waals surface area contributed by atoms with Crippen molar-refractivity contribution in [3.63, 3.8) is 0 Å². The number of anilines is 1. The summed E-state index contributed by atoms with van der Waals surface area (Å²) in [5, 5.41) is 0. The predicted octanol–water partition coefficient (Wildman–Crippen LogP) is 0.882. The van der Waals surface area contributed by atoms with Gasteiger partial charge in [-0.3, -0.25) is 0 Å². The van der Waals surface area contributed by atoms with Crippen LogP contribution in [0.3, 0.4) is 0 Å². The number of rotatable bonds is 1. The maximum absolute atomic E-state index is 5.48. The summed E-state index contributed by atoms with van der Waals surface area (Å²) >= 11 is 0. The topological polar surface area (TPSA) is 65.2 Å². The number of furan rings is 1. The minimum absolute atomic E-state index is 0.0673. The molecule has 0 spiro atoms. The molecule has 0 aliphatic carbocycles. The van der Waals surface area contributed by atoms with Crippen molar-refractivity contribution in [2.24, 2.45) is 5.73 Å². The van der Waals surface area contributed by atoms with Gasteiger partial charge in [0, 0.05) is 6.07 Å². The lowest BCUT2D eigenvalue weighted by molar-refractivity contribution is 0.480. The monoisotopic (exact) mass is 126 g/mol. The summed E-state index contributed by atoms with van der Waals surface area (Å²) in [5.41, 5.74) is 11.5. The molecule has 0 fully saturated rings. The Bertz CT molecular complexity index is 193. The van der Waals surface area contributed by atoms with Gasteiger partial charge in [-0.25, -0.2) is 0 Å². The fourth-order valence-electron chi connectivity index (χ4n) is 0.607. The van der Waals surface area contributed by atoms with E-state index in [1.807, 2.05) is 6.92 Å². The van der Waals surface area contributed by atoms with Gasteiger partial charge in [0.1, 0.15) is 12.0 Å². The molecule has 0 aliphatic rings. The normalized spacial score (nSPS) is 13.6. The van der Waals surface area contributed by atoms with Gasteiger partial charge in [0.15, 0.2) is 0 Å². The molecule has 1 heterocycles. The molecule has 9 heavy (non-hydrogen) atoms. The second kappa shape index (κ2) is 2.11. The van der Waals surface area contributed by atoms with Crippen LogP contribution < -0.4 is 11.5 Å². The van der Waals surface area contributed by atoms with Gasteiger partial charge in [0.2, 0.25) is 0 Å². The fourth-order valence-corrected chi connectivity index (χ4v) is 0.607. The zero-order chi connectivity index (χ0) is 6.85. The molecule has 0 saturated carbocycles. The Balaban J connectivity index is 2.85. The molecule has 4 N–H and O–H groups in total. The summed E-state index contributed by atoms with van der Waals surface area (Å²) in [7, 11) is 0. The molecular weight excluding hydrogens is 116 g/mol. The number of hydrogen-bond acceptors (Lipinski definition) is 3. The first-order valence-electron chi connectivity index (χ1n) is 2.79. The highest BCUT2D eigenvalue weighted by Gasteiger charge is 2.02. The smallest absolute Gasteiger partial charge is 0.122 e. The highest BCUT2D eigenvalue weighted by Crippen LogP contribution is 2.14. The van der Waals surface area contributed by atoms with Crippen LogP contribution in [0.1, 0.15) is 18.7 Å². The molecule has 0 aliphatic heterocycles. The highest BCUT2D eigenvalue weighted by atomic mass is 16.3. The van der Waals surface area contributed by atoms with Crippen molar-refractivity contribution in [3.8, 4) is 0 Å². The number of nitrogens with two attached hydrogens (primary N) is 2. The van der Waals surface area contributed by atoms with E-state index in [9.17, 15) is 0 Å². The van der Waals surface area contributed by atoms with Crippen LogP contribution in [-0.4, -0.2) is 0 Å². The fraction of sp³-hybridized carbons (Fsp3) is 0.333. The quantitative estimate of drug-likeness (QED) is 0.587. The van der Waals surface area contributed by atoms with E-state index in [1.54, 1.807) is 6.07 Å². The van der Waals surface area contributed by atoms with E-state index < -0.39 is 0 Å². The standard InChI is InChI=1S/C6H10N2O/c1-4(7)6-2-5(8)3-9-6/h2-4H,7-8H2,1H3. The van der Waals surface area contributed by atoms with Crippen molar-refractivity contribution in [1.29, 1.82) is 0 Å². The second-order valence-corrected chi connectivity index (χ2v) is 2.07. The van der Waals surface area contributed by atoms with Gasteiger partial charge < -0.3 is 15.9 Å². The van der Waals surface area contributed by atoms with Crippen molar-refractivity contribution in [3.05, 3.63) is 18.1 Å².